The summed E-state index contributed by atoms with van der Waals surface area (Å²) in [6, 6.07) is 10.5. The fraction of sp³-hybridized carbons (Fsp3) is 0.130. The van der Waals surface area contributed by atoms with Crippen molar-refractivity contribution in [3.8, 4) is 0 Å². The van der Waals surface area contributed by atoms with E-state index in [2.05, 4.69) is 30.6 Å². The number of anilines is 3. The molecule has 1 aromatic carbocycles. The zero-order valence-corrected chi connectivity index (χ0v) is 18.7. The lowest BCUT2D eigenvalue weighted by molar-refractivity contribution is 0.102. The Morgan fingerprint density at radius 2 is 2.06 bits per heavy atom. The first kappa shape index (κ1) is 20.8. The topological polar surface area (TPSA) is 98.8 Å². The van der Waals surface area contributed by atoms with E-state index >= 15 is 0 Å². The van der Waals surface area contributed by atoms with Crippen molar-refractivity contribution >= 4 is 55.1 Å². The highest BCUT2D eigenvalue weighted by atomic mass is 32.1. The van der Waals surface area contributed by atoms with Crippen LogP contribution in [0.15, 0.2) is 55.0 Å². The molecule has 10 heteroatoms. The molecule has 0 fully saturated rings. The lowest BCUT2D eigenvalue weighted by atomic mass is 10.1. The van der Waals surface area contributed by atoms with Gasteiger partial charge in [-0.15, -0.1) is 0 Å². The number of fused-ring (bicyclic) bond motifs is 2. The molecule has 5 aromatic rings. The van der Waals surface area contributed by atoms with Crippen molar-refractivity contribution < 1.29 is 9.18 Å². The fourth-order valence-electron chi connectivity index (χ4n) is 3.49. The maximum Gasteiger partial charge on any atom is 0.259 e. The van der Waals surface area contributed by atoms with Crippen molar-refractivity contribution in [2.75, 3.05) is 29.6 Å². The second kappa shape index (κ2) is 8.47. The Balaban J connectivity index is 1.38. The first-order valence-corrected chi connectivity index (χ1v) is 11.0. The molecule has 4 aromatic heterocycles. The lowest BCUT2D eigenvalue weighted by Gasteiger charge is -2.12. The second-order valence-electron chi connectivity index (χ2n) is 7.64. The minimum absolute atomic E-state index is 0.113. The van der Waals surface area contributed by atoms with Crippen molar-refractivity contribution in [3.05, 3.63) is 71.9 Å². The molecule has 0 atom stereocenters. The molecule has 33 heavy (non-hydrogen) atoms. The highest BCUT2D eigenvalue weighted by molar-refractivity contribution is 7.22. The van der Waals surface area contributed by atoms with Gasteiger partial charge < -0.3 is 20.5 Å². The number of carbonyl (C=O) groups is 1. The molecule has 0 aliphatic carbocycles. The maximum atomic E-state index is 14.0. The molecule has 0 unspecified atom stereocenters. The van der Waals surface area contributed by atoms with Gasteiger partial charge in [-0.05, 0) is 42.0 Å². The van der Waals surface area contributed by atoms with Crippen molar-refractivity contribution in [1.82, 2.24) is 19.9 Å². The van der Waals surface area contributed by atoms with Crippen molar-refractivity contribution in [1.29, 1.82) is 0 Å². The number of thiazole rings is 1. The number of amides is 1. The Kier molecular flexibility index (Phi) is 5.35. The minimum atomic E-state index is -0.590. The van der Waals surface area contributed by atoms with Crippen LogP contribution in [-0.4, -0.2) is 39.9 Å². The van der Waals surface area contributed by atoms with Gasteiger partial charge in [0.2, 0.25) is 0 Å². The summed E-state index contributed by atoms with van der Waals surface area (Å²) in [5, 5.41) is 7.83. The van der Waals surface area contributed by atoms with Crippen LogP contribution in [0, 0.1) is 5.82 Å². The molecule has 0 bridgehead atoms. The zero-order chi connectivity index (χ0) is 22.9. The SMILES string of the molecule is CN(C)c1nc2cc(NC(=O)c3cc(F)cnc3NCc3ccnc4[nH]ccc34)ccc2s1. The largest absolute Gasteiger partial charge is 0.365 e. The van der Waals surface area contributed by atoms with Gasteiger partial charge in [-0.2, -0.15) is 0 Å². The van der Waals surface area contributed by atoms with E-state index in [0.717, 1.165) is 38.1 Å². The van der Waals surface area contributed by atoms with Gasteiger partial charge in [-0.25, -0.2) is 19.3 Å². The van der Waals surface area contributed by atoms with Gasteiger partial charge in [0.15, 0.2) is 5.13 Å². The quantitative estimate of drug-likeness (QED) is 0.341. The smallest absolute Gasteiger partial charge is 0.259 e. The summed E-state index contributed by atoms with van der Waals surface area (Å²) in [6.07, 6.45) is 4.61. The summed E-state index contributed by atoms with van der Waals surface area (Å²) in [4.78, 5) is 31.0. The molecular formula is C23H20FN7OS. The van der Waals surface area contributed by atoms with Crippen LogP contribution in [-0.2, 0) is 6.54 Å². The molecule has 3 N–H and O–H groups in total. The van der Waals surface area contributed by atoms with E-state index in [1.54, 1.807) is 29.7 Å². The third-order valence-electron chi connectivity index (χ3n) is 5.11. The summed E-state index contributed by atoms with van der Waals surface area (Å²) in [5.74, 6) is -0.763. The zero-order valence-electron chi connectivity index (χ0n) is 17.9. The molecule has 8 nitrogen and oxygen atoms in total. The molecular weight excluding hydrogens is 441 g/mol. The summed E-state index contributed by atoms with van der Waals surface area (Å²) in [7, 11) is 3.86. The number of pyridine rings is 2. The van der Waals surface area contributed by atoms with Gasteiger partial charge in [0, 0.05) is 44.1 Å². The molecule has 0 aliphatic heterocycles. The van der Waals surface area contributed by atoms with E-state index < -0.39 is 11.7 Å². The van der Waals surface area contributed by atoms with E-state index in [1.165, 1.54) is 6.07 Å². The molecule has 0 saturated carbocycles. The van der Waals surface area contributed by atoms with Crippen molar-refractivity contribution in [3.63, 3.8) is 0 Å². The predicted molar refractivity (Wildman–Crippen MR) is 130 cm³/mol. The summed E-state index contributed by atoms with van der Waals surface area (Å²) in [6.45, 7) is 0.397. The van der Waals surface area contributed by atoms with Crippen LogP contribution in [0.4, 0.5) is 21.0 Å². The Morgan fingerprint density at radius 3 is 2.91 bits per heavy atom. The minimum Gasteiger partial charge on any atom is -0.365 e. The number of aromatic amines is 1. The second-order valence-corrected chi connectivity index (χ2v) is 8.65. The number of rotatable bonds is 6. The van der Waals surface area contributed by atoms with Crippen LogP contribution in [0.5, 0.6) is 0 Å². The Hall–Kier alpha value is -4.05. The van der Waals surface area contributed by atoms with E-state index in [0.29, 0.717) is 18.1 Å². The van der Waals surface area contributed by atoms with Crippen LogP contribution in [0.25, 0.3) is 21.3 Å². The van der Waals surface area contributed by atoms with Crippen molar-refractivity contribution in [2.45, 2.75) is 6.54 Å². The molecule has 0 aliphatic rings. The number of hydrogen-bond acceptors (Lipinski definition) is 7. The van der Waals surface area contributed by atoms with Crippen LogP contribution in [0.1, 0.15) is 15.9 Å². The Bertz CT molecular complexity index is 1480. The maximum absolute atomic E-state index is 14.0. The lowest BCUT2D eigenvalue weighted by Crippen LogP contribution is -2.16. The first-order valence-electron chi connectivity index (χ1n) is 10.2. The van der Waals surface area contributed by atoms with Gasteiger partial charge in [0.1, 0.15) is 17.3 Å². The normalized spacial score (nSPS) is 11.1. The van der Waals surface area contributed by atoms with Gasteiger partial charge in [0.05, 0.1) is 22.0 Å². The molecule has 0 radical (unpaired) electrons. The number of hydrogen-bond donors (Lipinski definition) is 3. The highest BCUT2D eigenvalue weighted by Crippen LogP contribution is 2.30. The van der Waals surface area contributed by atoms with Crippen LogP contribution in [0.2, 0.25) is 0 Å². The number of carbonyl (C=O) groups excluding carboxylic acids is 1. The summed E-state index contributed by atoms with van der Waals surface area (Å²) in [5.41, 5.74) is 3.22. The van der Waals surface area contributed by atoms with Crippen molar-refractivity contribution in [2.24, 2.45) is 0 Å². The fourth-order valence-corrected chi connectivity index (χ4v) is 4.36. The number of benzene rings is 1. The first-order chi connectivity index (χ1) is 16.0. The molecule has 0 spiro atoms. The van der Waals surface area contributed by atoms with Gasteiger partial charge in [0.25, 0.3) is 5.91 Å². The van der Waals surface area contributed by atoms with Crippen LogP contribution >= 0.6 is 11.3 Å². The molecule has 166 valence electrons. The summed E-state index contributed by atoms with van der Waals surface area (Å²) >= 11 is 1.57. The van der Waals surface area contributed by atoms with Gasteiger partial charge in [-0.3, -0.25) is 4.79 Å². The number of aromatic nitrogens is 4. The molecule has 1 amide bonds. The number of nitrogens with one attached hydrogen (secondary N) is 3. The highest BCUT2D eigenvalue weighted by Gasteiger charge is 2.16. The average Bonchev–Trinajstić information content (AvgIpc) is 3.45. The Labute approximate surface area is 192 Å². The Morgan fingerprint density at radius 1 is 1.18 bits per heavy atom. The monoisotopic (exact) mass is 461 g/mol. The number of halogens is 1. The van der Waals surface area contributed by atoms with Gasteiger partial charge in [-0.1, -0.05) is 11.3 Å². The average molecular weight is 462 g/mol. The van der Waals surface area contributed by atoms with E-state index in [-0.39, 0.29) is 5.56 Å². The number of nitrogens with zero attached hydrogens (tertiary/aromatic N) is 4. The third kappa shape index (κ3) is 4.20. The van der Waals surface area contributed by atoms with Crippen LogP contribution in [0.3, 0.4) is 0 Å². The molecule has 0 saturated heterocycles. The van der Waals surface area contributed by atoms with E-state index in [1.807, 2.05) is 43.4 Å². The predicted octanol–water partition coefficient (Wildman–Crippen LogP) is 4.64. The summed E-state index contributed by atoms with van der Waals surface area (Å²) < 4.78 is 15.0. The molecule has 5 rings (SSSR count). The molecule has 4 heterocycles. The number of H-pyrrole nitrogens is 1. The van der Waals surface area contributed by atoms with Gasteiger partial charge >= 0.3 is 0 Å². The third-order valence-corrected chi connectivity index (χ3v) is 6.32. The van der Waals surface area contributed by atoms with E-state index in [9.17, 15) is 9.18 Å². The van der Waals surface area contributed by atoms with Crippen LogP contribution < -0.4 is 15.5 Å². The standard InChI is InChI=1S/C23H20FN7OS/c1-31(2)23-30-18-10-15(3-4-19(18)33-23)29-22(32)17-9-14(24)12-28-21(17)27-11-13-5-7-25-20-16(13)6-8-26-20/h3-10,12H,11H2,1-2H3,(H,25,26)(H,27,28)(H,29,32). The van der Waals surface area contributed by atoms with E-state index in [4.69, 9.17) is 0 Å².